The minimum Gasteiger partial charge on any atom is -0.310 e. The maximum Gasteiger partial charge on any atom is 0.0468 e. The fraction of sp³-hybridized carbons (Fsp3) is 0.0222. The van der Waals surface area contributed by atoms with Gasteiger partial charge in [0.25, 0.3) is 0 Å². The molecular formula is C45H36N2. The predicted octanol–water partition coefficient (Wildman–Crippen LogP) is 13.2. The summed E-state index contributed by atoms with van der Waals surface area (Å²) in [6, 6.07) is 69.3. The molecule has 0 N–H and O–H groups in total. The van der Waals surface area contributed by atoms with Gasteiger partial charge < -0.3 is 9.80 Å². The van der Waals surface area contributed by atoms with Crippen molar-refractivity contribution in [1.29, 1.82) is 0 Å². The van der Waals surface area contributed by atoms with Gasteiger partial charge >= 0.3 is 0 Å². The number of benzene rings is 8. The molecule has 2 heteroatoms. The summed E-state index contributed by atoms with van der Waals surface area (Å²) in [7, 11) is 0. The molecule has 0 amide bonds. The van der Waals surface area contributed by atoms with Gasteiger partial charge in [-0.25, -0.2) is 0 Å². The lowest BCUT2D eigenvalue weighted by Gasteiger charge is -2.26. The van der Waals surface area contributed by atoms with Gasteiger partial charge in [-0.05, 0) is 105 Å². The van der Waals surface area contributed by atoms with E-state index in [0.717, 1.165) is 34.1 Å². The summed E-state index contributed by atoms with van der Waals surface area (Å²) < 4.78 is 0. The van der Waals surface area contributed by atoms with Gasteiger partial charge in [0, 0.05) is 34.1 Å². The van der Waals surface area contributed by atoms with Crippen molar-refractivity contribution in [3.8, 4) is 11.1 Å². The van der Waals surface area contributed by atoms with E-state index in [1.165, 1.54) is 32.7 Å². The normalized spacial score (nSPS) is 10.8. The Hall–Kier alpha value is -6.12. The molecule has 0 aliphatic carbocycles. The average Bonchev–Trinajstić information content (AvgIpc) is 3.13. The molecule has 0 saturated heterocycles. The molecule has 0 bridgehead atoms. The van der Waals surface area contributed by atoms with E-state index in [4.69, 9.17) is 0 Å². The molecule has 0 unspecified atom stereocenters. The molecular weight excluding hydrogens is 569 g/mol. The molecule has 8 aromatic carbocycles. The molecule has 8 aromatic rings. The first-order valence-electron chi connectivity index (χ1n) is 15.7. The van der Waals surface area contributed by atoms with Crippen molar-refractivity contribution in [2.24, 2.45) is 0 Å². The third kappa shape index (κ3) is 5.97. The van der Waals surface area contributed by atoms with Crippen LogP contribution in [0.2, 0.25) is 0 Å². The van der Waals surface area contributed by atoms with Gasteiger partial charge in [-0.15, -0.1) is 0 Å². The molecule has 0 saturated carbocycles. The van der Waals surface area contributed by atoms with Gasteiger partial charge in [0.15, 0.2) is 0 Å². The smallest absolute Gasteiger partial charge is 0.0468 e. The number of anilines is 6. The van der Waals surface area contributed by atoms with Crippen LogP contribution in [-0.2, 0) is 0 Å². The van der Waals surface area contributed by atoms with Gasteiger partial charge in [-0.3, -0.25) is 0 Å². The Balaban J connectivity index is 0.00000351. The summed E-state index contributed by atoms with van der Waals surface area (Å²) in [5.41, 5.74) is 9.13. The van der Waals surface area contributed by atoms with Crippen LogP contribution in [0.1, 0.15) is 7.43 Å². The molecule has 0 radical (unpaired) electrons. The number of para-hydroxylation sites is 2. The van der Waals surface area contributed by atoms with E-state index in [1.807, 2.05) is 0 Å². The van der Waals surface area contributed by atoms with Crippen LogP contribution in [0.25, 0.3) is 32.7 Å². The van der Waals surface area contributed by atoms with Crippen LogP contribution in [0.15, 0.2) is 194 Å². The van der Waals surface area contributed by atoms with E-state index in [9.17, 15) is 0 Å². The lowest BCUT2D eigenvalue weighted by molar-refractivity contribution is 1.28. The first kappa shape index (κ1) is 29.6. The second-order valence-corrected chi connectivity index (χ2v) is 11.5. The van der Waals surface area contributed by atoms with Crippen LogP contribution in [0, 0.1) is 0 Å². The number of rotatable bonds is 7. The van der Waals surface area contributed by atoms with E-state index in [2.05, 4.69) is 204 Å². The van der Waals surface area contributed by atoms with Crippen molar-refractivity contribution >= 4 is 55.7 Å². The maximum atomic E-state index is 2.32. The molecule has 47 heavy (non-hydrogen) atoms. The van der Waals surface area contributed by atoms with Crippen LogP contribution in [0.3, 0.4) is 0 Å². The zero-order valence-electron chi connectivity index (χ0n) is 25.4. The van der Waals surface area contributed by atoms with E-state index in [-0.39, 0.29) is 7.43 Å². The molecule has 0 spiro atoms. The van der Waals surface area contributed by atoms with Crippen LogP contribution in [0.4, 0.5) is 34.1 Å². The van der Waals surface area contributed by atoms with Crippen LogP contribution < -0.4 is 9.80 Å². The van der Waals surface area contributed by atoms with E-state index >= 15 is 0 Å². The molecule has 2 nitrogen and oxygen atoms in total. The minimum atomic E-state index is 0. The molecule has 8 rings (SSSR count). The molecule has 0 fully saturated rings. The Morgan fingerprint density at radius 1 is 0.234 bits per heavy atom. The third-order valence-corrected chi connectivity index (χ3v) is 8.60. The lowest BCUT2D eigenvalue weighted by Crippen LogP contribution is -2.10. The highest BCUT2D eigenvalue weighted by Crippen LogP contribution is 2.39. The van der Waals surface area contributed by atoms with Crippen molar-refractivity contribution in [2.45, 2.75) is 7.43 Å². The van der Waals surface area contributed by atoms with Crippen LogP contribution >= 0.6 is 0 Å². The van der Waals surface area contributed by atoms with Gasteiger partial charge in [0.05, 0.1) is 0 Å². The summed E-state index contributed by atoms with van der Waals surface area (Å²) in [6.45, 7) is 0. The van der Waals surface area contributed by atoms with Crippen LogP contribution in [-0.4, -0.2) is 0 Å². The Morgan fingerprint density at radius 2 is 0.532 bits per heavy atom. The molecule has 0 aliphatic rings. The highest BCUT2D eigenvalue weighted by molar-refractivity contribution is 5.91. The second kappa shape index (κ2) is 13.1. The third-order valence-electron chi connectivity index (χ3n) is 8.60. The quantitative estimate of drug-likeness (QED) is 0.179. The Labute approximate surface area is 277 Å². The van der Waals surface area contributed by atoms with Crippen molar-refractivity contribution in [1.82, 2.24) is 0 Å². The number of fused-ring (bicyclic) bond motifs is 2. The summed E-state index contributed by atoms with van der Waals surface area (Å²) >= 11 is 0. The van der Waals surface area contributed by atoms with Gasteiger partial charge in [0.2, 0.25) is 0 Å². The van der Waals surface area contributed by atoms with Crippen LogP contribution in [0.5, 0.6) is 0 Å². The molecule has 0 atom stereocenters. The standard InChI is InChI=1S/C44H32N2.CH4/c1-3-15-39(16-4-1)45(43-29-23-33-11-7-9-13-37(33)31-43)41-25-19-35(20-26-41)36-21-27-42(28-22-36)46(40-17-5-2-6-18-40)44-30-24-34-12-8-10-14-38(34)32-44;/h1-32H;1H4. The van der Waals surface area contributed by atoms with Gasteiger partial charge in [-0.1, -0.05) is 129 Å². The predicted molar refractivity (Wildman–Crippen MR) is 203 cm³/mol. The number of nitrogens with zero attached hydrogens (tertiary/aromatic N) is 2. The van der Waals surface area contributed by atoms with E-state index in [0.29, 0.717) is 0 Å². The van der Waals surface area contributed by atoms with Gasteiger partial charge in [-0.2, -0.15) is 0 Å². The zero-order chi connectivity index (χ0) is 30.7. The van der Waals surface area contributed by atoms with Crippen molar-refractivity contribution < 1.29 is 0 Å². The molecule has 226 valence electrons. The summed E-state index contributed by atoms with van der Waals surface area (Å²) in [6.07, 6.45) is 0. The topological polar surface area (TPSA) is 6.48 Å². The summed E-state index contributed by atoms with van der Waals surface area (Å²) in [4.78, 5) is 4.64. The minimum absolute atomic E-state index is 0. The van der Waals surface area contributed by atoms with E-state index in [1.54, 1.807) is 0 Å². The van der Waals surface area contributed by atoms with Crippen molar-refractivity contribution in [2.75, 3.05) is 9.80 Å². The second-order valence-electron chi connectivity index (χ2n) is 11.5. The van der Waals surface area contributed by atoms with Crippen molar-refractivity contribution in [3.05, 3.63) is 194 Å². The van der Waals surface area contributed by atoms with Gasteiger partial charge in [0.1, 0.15) is 0 Å². The molecule has 0 aliphatic heterocycles. The Bertz CT molecular complexity index is 2080. The Morgan fingerprint density at radius 3 is 0.915 bits per heavy atom. The number of hydrogen-bond acceptors (Lipinski definition) is 2. The number of hydrogen-bond donors (Lipinski definition) is 0. The fourth-order valence-electron chi connectivity index (χ4n) is 6.29. The first-order chi connectivity index (χ1) is 22.8. The average molecular weight is 605 g/mol. The highest BCUT2D eigenvalue weighted by Gasteiger charge is 2.15. The largest absolute Gasteiger partial charge is 0.310 e. The van der Waals surface area contributed by atoms with E-state index < -0.39 is 0 Å². The fourth-order valence-corrected chi connectivity index (χ4v) is 6.29. The molecule has 0 aromatic heterocycles. The monoisotopic (exact) mass is 604 g/mol. The zero-order valence-corrected chi connectivity index (χ0v) is 25.4. The maximum absolute atomic E-state index is 2.32. The summed E-state index contributed by atoms with van der Waals surface area (Å²) in [5.74, 6) is 0. The lowest BCUT2D eigenvalue weighted by atomic mass is 10.0. The molecule has 0 heterocycles. The SMILES string of the molecule is C.c1ccc(N(c2ccc(-c3ccc(N(c4ccccc4)c4ccc5ccccc5c4)cc3)cc2)c2ccc3ccccc3c2)cc1. The first-order valence-corrected chi connectivity index (χ1v) is 15.7. The summed E-state index contributed by atoms with van der Waals surface area (Å²) in [5, 5.41) is 4.94. The highest BCUT2D eigenvalue weighted by atomic mass is 15.1. The Kier molecular flexibility index (Phi) is 8.24. The van der Waals surface area contributed by atoms with Crippen molar-refractivity contribution in [3.63, 3.8) is 0 Å².